The Morgan fingerprint density at radius 1 is 1.05 bits per heavy atom. The molecule has 1 saturated heterocycles. The molecule has 12 heteroatoms. The molecule has 5 rings (SSSR count). The van der Waals surface area contributed by atoms with Gasteiger partial charge in [0.2, 0.25) is 11.9 Å². The largest absolute Gasteiger partial charge is 0.370 e. The van der Waals surface area contributed by atoms with Crippen molar-refractivity contribution in [2.45, 2.75) is 13.0 Å². The van der Waals surface area contributed by atoms with E-state index in [1.165, 1.54) is 0 Å². The summed E-state index contributed by atoms with van der Waals surface area (Å²) < 4.78 is 1.68. The fraction of sp³-hybridized carbons (Fsp3) is 0.286. The maximum Gasteiger partial charge on any atom is 0.256 e. The highest BCUT2D eigenvalue weighted by Crippen LogP contribution is 2.27. The van der Waals surface area contributed by atoms with Gasteiger partial charge in [-0.1, -0.05) is 12.1 Å². The summed E-state index contributed by atoms with van der Waals surface area (Å²) in [4.78, 5) is 38.0. The van der Waals surface area contributed by atoms with Crippen LogP contribution < -0.4 is 26.6 Å². The van der Waals surface area contributed by atoms with E-state index in [-0.39, 0.29) is 17.4 Å². The van der Waals surface area contributed by atoms with Crippen molar-refractivity contribution in [3.63, 3.8) is 0 Å². The molecule has 40 heavy (non-hydrogen) atoms. The molecule has 0 atom stereocenters. The normalized spacial score (nSPS) is 14.1. The first kappa shape index (κ1) is 27.2. The van der Waals surface area contributed by atoms with Crippen molar-refractivity contribution in [1.29, 1.82) is 0 Å². The number of nitrogens with zero attached hydrogens (tertiary/aromatic N) is 5. The van der Waals surface area contributed by atoms with Crippen molar-refractivity contribution in [1.82, 2.24) is 19.3 Å². The van der Waals surface area contributed by atoms with E-state index in [2.05, 4.69) is 49.9 Å². The number of alkyl halides is 1. The third-order valence-electron chi connectivity index (χ3n) is 6.79. The molecule has 0 saturated carbocycles. The summed E-state index contributed by atoms with van der Waals surface area (Å²) in [5.74, 6) is -0.253. The lowest BCUT2D eigenvalue weighted by Gasteiger charge is -2.23. The average molecular weight is 562 g/mol. The number of hydrogen-bond donors (Lipinski definition) is 4. The predicted octanol–water partition coefficient (Wildman–Crippen LogP) is 3.50. The van der Waals surface area contributed by atoms with Crippen LogP contribution in [0.4, 0.5) is 28.8 Å². The Bertz CT molecular complexity index is 1510. The van der Waals surface area contributed by atoms with Gasteiger partial charge >= 0.3 is 0 Å². The van der Waals surface area contributed by atoms with E-state index in [4.69, 9.17) is 22.3 Å². The van der Waals surface area contributed by atoms with E-state index in [0.717, 1.165) is 49.5 Å². The highest BCUT2D eigenvalue weighted by atomic mass is 35.5. The van der Waals surface area contributed by atoms with Gasteiger partial charge in [0.05, 0.1) is 0 Å². The van der Waals surface area contributed by atoms with Crippen LogP contribution in [-0.4, -0.2) is 70.2 Å². The molecular weight excluding hydrogens is 530 g/mol. The minimum atomic E-state index is -0.634. The number of rotatable bonds is 9. The second-order valence-electron chi connectivity index (χ2n) is 9.70. The molecule has 4 aromatic rings. The van der Waals surface area contributed by atoms with Crippen molar-refractivity contribution < 1.29 is 9.59 Å². The van der Waals surface area contributed by atoms with Crippen molar-refractivity contribution in [2.24, 2.45) is 5.73 Å². The number of nitrogens with two attached hydrogens (primary N) is 1. The molecule has 0 unspecified atom stereocenters. The summed E-state index contributed by atoms with van der Waals surface area (Å²) in [7, 11) is 2.15. The van der Waals surface area contributed by atoms with E-state index in [9.17, 15) is 9.59 Å². The van der Waals surface area contributed by atoms with Gasteiger partial charge < -0.3 is 31.5 Å². The van der Waals surface area contributed by atoms with Crippen molar-refractivity contribution in [2.75, 3.05) is 60.0 Å². The lowest BCUT2D eigenvalue weighted by Crippen LogP contribution is -2.28. The molecule has 2 amide bonds. The molecule has 5 N–H and O–H groups in total. The quantitative estimate of drug-likeness (QED) is 0.228. The van der Waals surface area contributed by atoms with Crippen LogP contribution in [0.2, 0.25) is 0 Å². The minimum absolute atomic E-state index is 0.119. The van der Waals surface area contributed by atoms with Gasteiger partial charge in [-0.3, -0.25) is 14.0 Å². The van der Waals surface area contributed by atoms with E-state index in [1.807, 2.05) is 30.3 Å². The number of hydrogen-bond acceptors (Lipinski definition) is 8. The summed E-state index contributed by atoms with van der Waals surface area (Å²) in [6, 6.07) is 15.5. The van der Waals surface area contributed by atoms with E-state index < -0.39 is 5.91 Å². The average Bonchev–Trinajstić information content (AvgIpc) is 3.33. The minimum Gasteiger partial charge on any atom is -0.370 e. The Morgan fingerprint density at radius 3 is 2.65 bits per heavy atom. The lowest BCUT2D eigenvalue weighted by atomic mass is 10.2. The fourth-order valence-electron chi connectivity index (χ4n) is 4.75. The third kappa shape index (κ3) is 6.27. The molecule has 3 heterocycles. The standard InChI is InChI=1S/C28H32ClN9O2/c1-36-11-3-12-37(15-14-36)22-8-6-20(7-9-22)34-26-24(25(30)40)27-31-10-13-38(27)28(35-26)32-18-19-4-2-5-21(16-19)33-23(39)17-29/h2,4-10,13,16,34H,3,11-12,14-15,17-18H2,1H3,(H2,30,40)(H,32,35)(H,33,39). The molecule has 1 aliphatic rings. The van der Waals surface area contributed by atoms with E-state index in [1.54, 1.807) is 22.9 Å². The number of carbonyl (C=O) groups is 2. The number of primary amides is 1. The molecule has 11 nitrogen and oxygen atoms in total. The maximum absolute atomic E-state index is 12.5. The molecule has 0 radical (unpaired) electrons. The molecule has 0 spiro atoms. The van der Waals surface area contributed by atoms with Crippen molar-refractivity contribution >= 4 is 57.9 Å². The second-order valence-corrected chi connectivity index (χ2v) is 9.96. The molecule has 208 valence electrons. The molecular formula is C28H32ClN9O2. The van der Waals surface area contributed by atoms with Crippen LogP contribution in [0.15, 0.2) is 60.9 Å². The summed E-state index contributed by atoms with van der Waals surface area (Å²) >= 11 is 5.61. The molecule has 2 aromatic heterocycles. The van der Waals surface area contributed by atoms with Crippen molar-refractivity contribution in [3.05, 3.63) is 72.1 Å². The number of imidazole rings is 1. The second kappa shape index (κ2) is 12.2. The van der Waals surface area contributed by atoms with E-state index >= 15 is 0 Å². The number of aromatic nitrogens is 3. The number of halogens is 1. The Kier molecular flexibility index (Phi) is 8.32. The summed E-state index contributed by atoms with van der Waals surface area (Å²) in [6.45, 7) is 4.51. The number of anilines is 5. The molecule has 1 aliphatic heterocycles. The molecule has 0 bridgehead atoms. The topological polar surface area (TPSA) is 133 Å². The molecule has 1 fully saturated rings. The molecule has 2 aromatic carbocycles. The number of benzene rings is 2. The van der Waals surface area contributed by atoms with Gasteiger partial charge in [-0.05, 0) is 62.0 Å². The highest BCUT2D eigenvalue weighted by Gasteiger charge is 2.20. The summed E-state index contributed by atoms with van der Waals surface area (Å²) in [6.07, 6.45) is 4.43. The smallest absolute Gasteiger partial charge is 0.256 e. The Labute approximate surface area is 237 Å². The fourth-order valence-corrected chi connectivity index (χ4v) is 4.82. The van der Waals surface area contributed by atoms with Gasteiger partial charge in [-0.25, -0.2) is 4.98 Å². The van der Waals surface area contributed by atoms with Crippen LogP contribution >= 0.6 is 11.6 Å². The zero-order chi connectivity index (χ0) is 28.1. The van der Waals surface area contributed by atoms with Crippen LogP contribution in [-0.2, 0) is 11.3 Å². The Morgan fingerprint density at radius 2 is 1.88 bits per heavy atom. The van der Waals surface area contributed by atoms with E-state index in [0.29, 0.717) is 29.6 Å². The lowest BCUT2D eigenvalue weighted by molar-refractivity contribution is -0.113. The Hall–Kier alpha value is -4.35. The first-order valence-corrected chi connectivity index (χ1v) is 13.6. The van der Waals surface area contributed by atoms with Crippen LogP contribution in [0.5, 0.6) is 0 Å². The predicted molar refractivity (Wildman–Crippen MR) is 159 cm³/mol. The number of carbonyl (C=O) groups excluding carboxylic acids is 2. The van der Waals surface area contributed by atoms with Crippen LogP contribution in [0.1, 0.15) is 22.3 Å². The number of amides is 2. The number of fused-ring (bicyclic) bond motifs is 1. The van der Waals surface area contributed by atoms with Gasteiger partial charge in [0.15, 0.2) is 11.5 Å². The van der Waals surface area contributed by atoms with Crippen LogP contribution in [0.25, 0.3) is 5.65 Å². The summed E-state index contributed by atoms with van der Waals surface area (Å²) in [5, 5.41) is 9.32. The van der Waals surface area contributed by atoms with Crippen molar-refractivity contribution in [3.8, 4) is 0 Å². The van der Waals surface area contributed by atoms with Gasteiger partial charge in [0.1, 0.15) is 11.4 Å². The molecule has 0 aliphatic carbocycles. The maximum atomic E-state index is 12.5. The first-order valence-electron chi connectivity index (χ1n) is 13.1. The third-order valence-corrected chi connectivity index (χ3v) is 7.03. The van der Waals surface area contributed by atoms with Gasteiger partial charge in [-0.2, -0.15) is 4.98 Å². The number of nitrogens with one attached hydrogen (secondary N) is 3. The van der Waals surface area contributed by atoms with Crippen LogP contribution in [0.3, 0.4) is 0 Å². The monoisotopic (exact) mass is 561 g/mol. The summed E-state index contributed by atoms with van der Waals surface area (Å²) in [5.41, 5.74) is 9.84. The Balaban J connectivity index is 1.38. The van der Waals surface area contributed by atoms with Gasteiger partial charge in [-0.15, -0.1) is 11.6 Å². The van der Waals surface area contributed by atoms with Gasteiger partial charge in [0, 0.05) is 55.6 Å². The first-order chi connectivity index (χ1) is 19.4. The zero-order valence-corrected chi connectivity index (χ0v) is 23.0. The highest BCUT2D eigenvalue weighted by molar-refractivity contribution is 6.29. The van der Waals surface area contributed by atoms with Gasteiger partial charge in [0.25, 0.3) is 5.91 Å². The SMILES string of the molecule is CN1CCCN(c2ccc(Nc3nc(NCc4cccc(NC(=O)CCl)c4)n4ccnc4c3C(N)=O)cc2)CC1. The zero-order valence-electron chi connectivity index (χ0n) is 22.2. The number of likely N-dealkylation sites (N-methyl/N-ethyl adjacent to an activating group) is 1. The van der Waals surface area contributed by atoms with Crippen LogP contribution in [0, 0.1) is 0 Å².